The van der Waals surface area contributed by atoms with Crippen molar-refractivity contribution in [2.45, 2.75) is 0 Å². The summed E-state index contributed by atoms with van der Waals surface area (Å²) in [4.78, 5) is 0. The van der Waals surface area contributed by atoms with E-state index in [4.69, 9.17) is 14.2 Å². The van der Waals surface area contributed by atoms with Crippen LogP contribution in [-0.4, -0.2) is 31.7 Å². The summed E-state index contributed by atoms with van der Waals surface area (Å²) in [5.74, 6) is 1.92. The molecule has 0 aliphatic rings. The van der Waals surface area contributed by atoms with E-state index in [0.29, 0.717) is 28.5 Å². The predicted octanol–water partition coefficient (Wildman–Crippen LogP) is 4.11. The number of oxime groups is 1. The first-order valence-electron chi connectivity index (χ1n) is 7.80. The van der Waals surface area contributed by atoms with Gasteiger partial charge in [0.1, 0.15) is 29.6 Å². The van der Waals surface area contributed by atoms with Gasteiger partial charge in [0.15, 0.2) is 0 Å². The van der Waals surface area contributed by atoms with E-state index in [1.54, 1.807) is 32.4 Å². The Morgan fingerprint density at radius 1 is 0.880 bits per heavy atom. The quantitative estimate of drug-likeness (QED) is 0.418. The number of hydrogen-bond acceptors (Lipinski definition) is 5. The highest BCUT2D eigenvalue weighted by molar-refractivity contribution is 6.04. The molecular weight excluding hydrogens is 318 g/mol. The van der Waals surface area contributed by atoms with Crippen LogP contribution < -0.4 is 14.2 Å². The zero-order valence-electron chi connectivity index (χ0n) is 14.1. The molecular formula is C20H19NO4. The Balaban J connectivity index is 1.82. The van der Waals surface area contributed by atoms with E-state index in [0.717, 1.165) is 10.8 Å². The predicted molar refractivity (Wildman–Crippen MR) is 97.3 cm³/mol. The van der Waals surface area contributed by atoms with Gasteiger partial charge in [-0.05, 0) is 41.1 Å². The van der Waals surface area contributed by atoms with E-state index in [1.807, 2.05) is 42.5 Å². The maximum atomic E-state index is 9.42. The van der Waals surface area contributed by atoms with Crippen molar-refractivity contribution >= 4 is 16.5 Å². The minimum absolute atomic E-state index is 0.0956. The van der Waals surface area contributed by atoms with Gasteiger partial charge in [-0.15, -0.1) is 0 Å². The third-order valence-corrected chi connectivity index (χ3v) is 3.93. The summed E-state index contributed by atoms with van der Waals surface area (Å²) in [6.45, 7) is 0.0956. The second-order valence-electron chi connectivity index (χ2n) is 5.41. The van der Waals surface area contributed by atoms with Crippen molar-refractivity contribution in [3.8, 4) is 17.2 Å². The zero-order valence-corrected chi connectivity index (χ0v) is 14.1. The van der Waals surface area contributed by atoms with E-state index in [-0.39, 0.29) is 6.61 Å². The molecule has 0 fully saturated rings. The lowest BCUT2D eigenvalue weighted by Gasteiger charge is -2.13. The molecule has 128 valence electrons. The van der Waals surface area contributed by atoms with Gasteiger partial charge >= 0.3 is 0 Å². The second kappa shape index (κ2) is 7.57. The number of fused-ring (bicyclic) bond motifs is 1. The molecule has 0 aromatic heterocycles. The fourth-order valence-corrected chi connectivity index (χ4v) is 2.61. The highest BCUT2D eigenvalue weighted by atomic mass is 16.5. The normalized spacial score (nSPS) is 11.4. The van der Waals surface area contributed by atoms with Gasteiger partial charge in [0.05, 0.1) is 14.2 Å². The SMILES string of the molecule is COc1ccc(OC)c(/C(COc2ccc3ccccc3c2)=N/O)c1. The second-order valence-corrected chi connectivity index (χ2v) is 5.41. The fourth-order valence-electron chi connectivity index (χ4n) is 2.61. The first-order valence-corrected chi connectivity index (χ1v) is 7.80. The molecule has 25 heavy (non-hydrogen) atoms. The number of methoxy groups -OCH3 is 2. The lowest BCUT2D eigenvalue weighted by atomic mass is 10.1. The van der Waals surface area contributed by atoms with Crippen molar-refractivity contribution in [1.82, 2.24) is 0 Å². The molecule has 0 aliphatic carbocycles. The molecule has 1 N–H and O–H groups in total. The van der Waals surface area contributed by atoms with Crippen LogP contribution >= 0.6 is 0 Å². The van der Waals surface area contributed by atoms with Crippen molar-refractivity contribution in [3.05, 3.63) is 66.2 Å². The molecule has 0 unspecified atom stereocenters. The molecule has 0 heterocycles. The Kier molecular flexibility index (Phi) is 5.04. The summed E-state index contributed by atoms with van der Waals surface area (Å²) < 4.78 is 16.4. The topological polar surface area (TPSA) is 60.3 Å². The maximum absolute atomic E-state index is 9.42. The molecule has 5 nitrogen and oxygen atoms in total. The van der Waals surface area contributed by atoms with Gasteiger partial charge in [0, 0.05) is 5.56 Å². The first kappa shape index (κ1) is 16.6. The molecule has 0 saturated carbocycles. The molecule has 3 rings (SSSR count). The van der Waals surface area contributed by atoms with E-state index in [2.05, 4.69) is 5.16 Å². The van der Waals surface area contributed by atoms with Crippen LogP contribution in [0.2, 0.25) is 0 Å². The Morgan fingerprint density at radius 3 is 2.36 bits per heavy atom. The van der Waals surface area contributed by atoms with Crippen molar-refractivity contribution in [1.29, 1.82) is 0 Å². The van der Waals surface area contributed by atoms with E-state index in [1.165, 1.54) is 0 Å². The van der Waals surface area contributed by atoms with Crippen LogP contribution in [0.4, 0.5) is 0 Å². The number of hydrogen-bond donors (Lipinski definition) is 1. The van der Waals surface area contributed by atoms with Crippen LogP contribution in [0.5, 0.6) is 17.2 Å². The Bertz CT molecular complexity index is 905. The molecule has 3 aromatic rings. The van der Waals surface area contributed by atoms with Gasteiger partial charge in [0.2, 0.25) is 0 Å². The van der Waals surface area contributed by atoms with Crippen molar-refractivity contribution in [3.63, 3.8) is 0 Å². The van der Waals surface area contributed by atoms with Crippen LogP contribution in [0.1, 0.15) is 5.56 Å². The lowest BCUT2D eigenvalue weighted by molar-refractivity contribution is 0.307. The van der Waals surface area contributed by atoms with Crippen LogP contribution in [0.15, 0.2) is 65.8 Å². The van der Waals surface area contributed by atoms with Gasteiger partial charge in [-0.3, -0.25) is 0 Å². The fraction of sp³-hybridized carbons (Fsp3) is 0.150. The van der Waals surface area contributed by atoms with E-state index >= 15 is 0 Å². The summed E-state index contributed by atoms with van der Waals surface area (Å²) in [5, 5.41) is 15.0. The molecule has 5 heteroatoms. The van der Waals surface area contributed by atoms with Crippen LogP contribution in [0.3, 0.4) is 0 Å². The molecule has 0 amide bonds. The highest BCUT2D eigenvalue weighted by Crippen LogP contribution is 2.26. The summed E-state index contributed by atoms with van der Waals surface area (Å²) in [6.07, 6.45) is 0. The Morgan fingerprint density at radius 2 is 1.64 bits per heavy atom. The maximum Gasteiger partial charge on any atom is 0.134 e. The minimum atomic E-state index is 0.0956. The molecule has 0 aliphatic heterocycles. The number of nitrogens with zero attached hydrogens (tertiary/aromatic N) is 1. The van der Waals surface area contributed by atoms with Gasteiger partial charge in [-0.2, -0.15) is 0 Å². The van der Waals surface area contributed by atoms with E-state index in [9.17, 15) is 5.21 Å². The molecule has 0 atom stereocenters. The van der Waals surface area contributed by atoms with Crippen LogP contribution in [-0.2, 0) is 0 Å². The highest BCUT2D eigenvalue weighted by Gasteiger charge is 2.14. The van der Waals surface area contributed by atoms with Crippen molar-refractivity contribution < 1.29 is 19.4 Å². The zero-order chi connectivity index (χ0) is 17.6. The summed E-state index contributed by atoms with van der Waals surface area (Å²) in [6, 6.07) is 19.2. The van der Waals surface area contributed by atoms with E-state index < -0.39 is 0 Å². The lowest BCUT2D eigenvalue weighted by Crippen LogP contribution is -2.14. The number of rotatable bonds is 6. The summed E-state index contributed by atoms with van der Waals surface area (Å²) in [5.41, 5.74) is 0.967. The summed E-state index contributed by atoms with van der Waals surface area (Å²) >= 11 is 0. The Hall–Kier alpha value is -3.21. The van der Waals surface area contributed by atoms with Gasteiger partial charge in [-0.25, -0.2) is 0 Å². The van der Waals surface area contributed by atoms with Gasteiger partial charge in [0.25, 0.3) is 0 Å². The molecule has 0 spiro atoms. The smallest absolute Gasteiger partial charge is 0.134 e. The average molecular weight is 337 g/mol. The van der Waals surface area contributed by atoms with Gasteiger partial charge in [-0.1, -0.05) is 35.5 Å². The molecule has 0 bridgehead atoms. The standard InChI is InChI=1S/C20H19NO4/c1-23-16-9-10-20(24-2)18(12-16)19(21-22)13-25-17-8-7-14-5-3-4-6-15(14)11-17/h3-12,22H,13H2,1-2H3/b21-19+. The summed E-state index contributed by atoms with van der Waals surface area (Å²) in [7, 11) is 3.14. The number of ether oxygens (including phenoxy) is 3. The molecule has 0 radical (unpaired) electrons. The number of benzene rings is 3. The van der Waals surface area contributed by atoms with Gasteiger partial charge < -0.3 is 19.4 Å². The minimum Gasteiger partial charge on any atom is -0.497 e. The molecule has 3 aromatic carbocycles. The van der Waals surface area contributed by atoms with Crippen molar-refractivity contribution in [2.24, 2.45) is 5.16 Å². The van der Waals surface area contributed by atoms with Crippen LogP contribution in [0, 0.1) is 0 Å². The Labute approximate surface area is 146 Å². The average Bonchev–Trinajstić information content (AvgIpc) is 2.68. The largest absolute Gasteiger partial charge is 0.497 e. The monoisotopic (exact) mass is 337 g/mol. The molecule has 0 saturated heterocycles. The van der Waals surface area contributed by atoms with Crippen LogP contribution in [0.25, 0.3) is 10.8 Å². The first-order chi connectivity index (χ1) is 12.2. The third kappa shape index (κ3) is 3.66. The van der Waals surface area contributed by atoms with Crippen molar-refractivity contribution in [2.75, 3.05) is 20.8 Å². The third-order valence-electron chi connectivity index (χ3n) is 3.93.